The molecule has 0 bridgehead atoms. The highest BCUT2D eigenvalue weighted by Gasteiger charge is 2.52. The summed E-state index contributed by atoms with van der Waals surface area (Å²) in [5, 5.41) is 20.1. The fourth-order valence-electron chi connectivity index (χ4n) is 3.87. The highest BCUT2D eigenvalue weighted by molar-refractivity contribution is 7.99. The predicted octanol–water partition coefficient (Wildman–Crippen LogP) is 3.46. The number of aromatic nitrogens is 5. The standard InChI is InChI=1S/C23H20Cl2N6O7S2/c1-10(32)35-8-17-20(36-11(2)33)19(31-7-16(29-30-31)22-28-18(25)9-39-22)21(37-12(3)34)23(38-17)40-13-4-14(24)15(5-26)27-6-13/h4,6-7,9,17,19-21,23H,8H2,1-3H3/t17?,19?,20-,21?,23+/m0/s1. The number of thioether (sulfide) groups is 1. The number of halogens is 2. The van der Waals surface area contributed by atoms with Crippen LogP contribution in [0.2, 0.25) is 10.2 Å². The molecule has 0 spiro atoms. The third-order valence-electron chi connectivity index (χ3n) is 5.36. The van der Waals surface area contributed by atoms with Crippen molar-refractivity contribution in [3.63, 3.8) is 0 Å². The van der Waals surface area contributed by atoms with Gasteiger partial charge in [0.25, 0.3) is 0 Å². The zero-order chi connectivity index (χ0) is 29.0. The molecular formula is C23H20Cl2N6O7S2. The van der Waals surface area contributed by atoms with E-state index in [1.807, 2.05) is 6.07 Å². The molecule has 0 amide bonds. The SMILES string of the molecule is CC(=O)OCC1O[C@H](Sc2cnc(C#N)c(Cl)c2)C(OC(C)=O)C(n2cc(-c3nc(Cl)cs3)nn2)[C@H]1OC(C)=O. The van der Waals surface area contributed by atoms with Crippen LogP contribution in [0.5, 0.6) is 0 Å². The number of hydrogen-bond acceptors (Lipinski definition) is 14. The first-order valence-electron chi connectivity index (χ1n) is 11.4. The molecule has 4 heterocycles. The van der Waals surface area contributed by atoms with Gasteiger partial charge in [-0.15, -0.1) is 16.4 Å². The van der Waals surface area contributed by atoms with Gasteiger partial charge < -0.3 is 18.9 Å². The lowest BCUT2D eigenvalue weighted by atomic mass is 9.96. The third-order valence-corrected chi connectivity index (χ3v) is 7.94. The Kier molecular flexibility index (Phi) is 9.59. The van der Waals surface area contributed by atoms with Crippen molar-refractivity contribution in [1.29, 1.82) is 5.26 Å². The second kappa shape index (κ2) is 12.9. The van der Waals surface area contributed by atoms with Gasteiger partial charge in [0.2, 0.25) is 0 Å². The molecule has 0 aromatic carbocycles. The fraction of sp³-hybridized carbons (Fsp3) is 0.391. The normalized spacial score (nSPS) is 22.2. The van der Waals surface area contributed by atoms with Crippen LogP contribution in [0.1, 0.15) is 32.5 Å². The minimum Gasteiger partial charge on any atom is -0.463 e. The minimum atomic E-state index is -1.13. The molecule has 0 aliphatic carbocycles. The van der Waals surface area contributed by atoms with Crippen LogP contribution in [0.3, 0.4) is 0 Å². The zero-order valence-corrected chi connectivity index (χ0v) is 24.2. The van der Waals surface area contributed by atoms with Crippen LogP contribution >= 0.6 is 46.3 Å². The van der Waals surface area contributed by atoms with Crippen molar-refractivity contribution in [2.45, 2.75) is 55.5 Å². The fourth-order valence-corrected chi connectivity index (χ4v) is 6.16. The molecule has 3 aromatic heterocycles. The molecule has 210 valence electrons. The van der Waals surface area contributed by atoms with E-state index in [-0.39, 0.29) is 22.5 Å². The first-order chi connectivity index (χ1) is 19.0. The summed E-state index contributed by atoms with van der Waals surface area (Å²) >= 11 is 14.5. The lowest BCUT2D eigenvalue weighted by Gasteiger charge is -2.44. The second-order valence-corrected chi connectivity index (χ2v) is 11.1. The van der Waals surface area contributed by atoms with Gasteiger partial charge in [-0.2, -0.15) is 5.26 Å². The Hall–Kier alpha value is -3.29. The number of pyridine rings is 1. The molecular weight excluding hydrogens is 607 g/mol. The molecule has 4 rings (SSSR count). The predicted molar refractivity (Wildman–Crippen MR) is 141 cm³/mol. The van der Waals surface area contributed by atoms with Crippen molar-refractivity contribution < 1.29 is 33.3 Å². The maximum atomic E-state index is 12.3. The van der Waals surface area contributed by atoms with Crippen LogP contribution in [0.25, 0.3) is 10.7 Å². The van der Waals surface area contributed by atoms with Gasteiger partial charge in [0.05, 0.1) is 11.2 Å². The van der Waals surface area contributed by atoms with Crippen molar-refractivity contribution in [2.24, 2.45) is 0 Å². The number of nitriles is 1. The number of nitrogens with zero attached hydrogens (tertiary/aromatic N) is 6. The summed E-state index contributed by atoms with van der Waals surface area (Å²) in [4.78, 5) is 44.8. The Morgan fingerprint density at radius 3 is 2.50 bits per heavy atom. The smallest absolute Gasteiger partial charge is 0.303 e. The average Bonchev–Trinajstić information content (AvgIpc) is 3.53. The molecule has 1 aliphatic heterocycles. The van der Waals surface area contributed by atoms with Gasteiger partial charge in [0, 0.05) is 37.2 Å². The van der Waals surface area contributed by atoms with Gasteiger partial charge in [0.15, 0.2) is 17.9 Å². The van der Waals surface area contributed by atoms with Gasteiger partial charge in [-0.05, 0) is 6.07 Å². The van der Waals surface area contributed by atoms with Crippen molar-refractivity contribution in [3.8, 4) is 16.8 Å². The number of hydrogen-bond donors (Lipinski definition) is 0. The Morgan fingerprint density at radius 1 is 1.18 bits per heavy atom. The lowest BCUT2D eigenvalue weighted by molar-refractivity contribution is -0.212. The number of esters is 3. The molecule has 5 atom stereocenters. The van der Waals surface area contributed by atoms with Gasteiger partial charge in [0.1, 0.15) is 46.1 Å². The molecule has 0 radical (unpaired) electrons. The summed E-state index contributed by atoms with van der Waals surface area (Å²) in [6, 6.07) is 2.41. The van der Waals surface area contributed by atoms with Crippen LogP contribution in [-0.2, 0) is 33.3 Å². The van der Waals surface area contributed by atoms with E-state index in [2.05, 4.69) is 20.3 Å². The lowest BCUT2D eigenvalue weighted by Crippen LogP contribution is -2.57. The van der Waals surface area contributed by atoms with Gasteiger partial charge >= 0.3 is 17.9 Å². The van der Waals surface area contributed by atoms with E-state index in [4.69, 9.17) is 47.4 Å². The monoisotopic (exact) mass is 626 g/mol. The van der Waals surface area contributed by atoms with Gasteiger partial charge in [-0.1, -0.05) is 40.2 Å². The molecule has 17 heteroatoms. The second-order valence-electron chi connectivity index (χ2n) is 8.27. The Bertz CT molecular complexity index is 1460. The summed E-state index contributed by atoms with van der Waals surface area (Å²) < 4.78 is 24.2. The zero-order valence-electron chi connectivity index (χ0n) is 21.0. The minimum absolute atomic E-state index is 0.0325. The summed E-state index contributed by atoms with van der Waals surface area (Å²) in [6.45, 7) is 3.36. The number of thiazole rings is 1. The topological polar surface area (TPSA) is 168 Å². The Labute approximate surface area is 245 Å². The molecule has 3 aromatic rings. The van der Waals surface area contributed by atoms with Crippen LogP contribution in [0, 0.1) is 11.3 Å². The molecule has 3 unspecified atom stereocenters. The number of rotatable bonds is 8. The van der Waals surface area contributed by atoms with Crippen LogP contribution in [0.15, 0.2) is 28.7 Å². The quantitative estimate of drug-likeness (QED) is 0.263. The van der Waals surface area contributed by atoms with Crippen molar-refractivity contribution in [2.75, 3.05) is 6.61 Å². The molecule has 0 saturated carbocycles. The highest BCUT2D eigenvalue weighted by Crippen LogP contribution is 2.42. The van der Waals surface area contributed by atoms with E-state index in [9.17, 15) is 14.4 Å². The van der Waals surface area contributed by atoms with Gasteiger partial charge in [-0.25, -0.2) is 14.6 Å². The molecule has 1 aliphatic rings. The average molecular weight is 627 g/mol. The Morgan fingerprint density at radius 2 is 1.90 bits per heavy atom. The largest absolute Gasteiger partial charge is 0.463 e. The molecule has 13 nitrogen and oxygen atoms in total. The van der Waals surface area contributed by atoms with E-state index >= 15 is 0 Å². The van der Waals surface area contributed by atoms with Crippen molar-refractivity contribution in [1.82, 2.24) is 25.0 Å². The maximum Gasteiger partial charge on any atom is 0.303 e. The Balaban J connectivity index is 1.79. The van der Waals surface area contributed by atoms with E-state index in [0.29, 0.717) is 15.6 Å². The number of ether oxygens (including phenoxy) is 4. The maximum absolute atomic E-state index is 12.3. The highest BCUT2D eigenvalue weighted by atomic mass is 35.5. The molecule has 1 fully saturated rings. The van der Waals surface area contributed by atoms with E-state index in [0.717, 1.165) is 11.8 Å². The molecule has 1 saturated heterocycles. The van der Waals surface area contributed by atoms with E-state index in [1.54, 1.807) is 11.6 Å². The number of carbonyl (C=O) groups excluding carboxylic acids is 3. The third kappa shape index (κ3) is 7.07. The summed E-state index contributed by atoms with van der Waals surface area (Å²) in [6.07, 6.45) is -0.287. The van der Waals surface area contributed by atoms with Crippen LogP contribution in [0.4, 0.5) is 0 Å². The van der Waals surface area contributed by atoms with Crippen molar-refractivity contribution in [3.05, 3.63) is 39.7 Å². The van der Waals surface area contributed by atoms with E-state index in [1.165, 1.54) is 49.1 Å². The van der Waals surface area contributed by atoms with Crippen LogP contribution in [-0.4, -0.2) is 73.2 Å². The summed E-state index contributed by atoms with van der Waals surface area (Å²) in [5.74, 6) is -1.89. The van der Waals surface area contributed by atoms with Crippen molar-refractivity contribution >= 4 is 64.2 Å². The van der Waals surface area contributed by atoms with Gasteiger partial charge in [-0.3, -0.25) is 14.4 Å². The van der Waals surface area contributed by atoms with Crippen LogP contribution < -0.4 is 0 Å². The summed E-state index contributed by atoms with van der Waals surface area (Å²) in [7, 11) is 0. The molecule has 40 heavy (non-hydrogen) atoms. The molecule has 0 N–H and O–H groups in total. The summed E-state index contributed by atoms with van der Waals surface area (Å²) in [5.41, 5.74) is -0.561. The number of carbonyl (C=O) groups is 3. The first-order valence-corrected chi connectivity index (χ1v) is 14.0. The first kappa shape index (κ1) is 29.7. The van der Waals surface area contributed by atoms with E-state index < -0.39 is 47.7 Å².